The molecule has 1 saturated carbocycles. The molecule has 0 aromatic heterocycles. The summed E-state index contributed by atoms with van der Waals surface area (Å²) in [5.41, 5.74) is 4.57. The number of hydrogen-bond donors (Lipinski definition) is 2. The van der Waals surface area contributed by atoms with Crippen LogP contribution in [0, 0.1) is 6.92 Å². The highest BCUT2D eigenvalue weighted by atomic mass is 127. The molecule has 2 N–H and O–H groups in total. The lowest BCUT2D eigenvalue weighted by Gasteiger charge is -2.28. The number of nitrogens with one attached hydrogen (secondary N) is 1. The zero-order valence-corrected chi connectivity index (χ0v) is 26.0. The van der Waals surface area contributed by atoms with Gasteiger partial charge in [-0.15, -0.1) is 0 Å². The number of ether oxygens (including phenoxy) is 1. The first kappa shape index (κ1) is 30.3. The highest BCUT2D eigenvalue weighted by Gasteiger charge is 2.32. The summed E-state index contributed by atoms with van der Waals surface area (Å²) in [6.45, 7) is 4.64. The molecule has 4 rings (SSSR count). The topological polar surface area (TPSA) is 78.9 Å². The van der Waals surface area contributed by atoms with E-state index in [0.29, 0.717) is 33.8 Å². The first-order chi connectivity index (χ1) is 18.9. The zero-order chi connectivity index (χ0) is 27.8. The van der Waals surface area contributed by atoms with E-state index in [1.807, 2.05) is 49.6 Å². The van der Waals surface area contributed by atoms with E-state index in [9.17, 15) is 14.7 Å². The lowest BCUT2D eigenvalue weighted by molar-refractivity contribution is -0.139. The van der Waals surface area contributed by atoms with Crippen LogP contribution >= 0.6 is 34.4 Å². The largest absolute Gasteiger partial charge is 0.480 e. The second-order valence-corrected chi connectivity index (χ2v) is 13.6. The van der Waals surface area contributed by atoms with E-state index in [4.69, 9.17) is 4.74 Å². The Bertz CT molecular complexity index is 1120. The molecule has 6 nitrogen and oxygen atoms in total. The first-order valence-corrected chi connectivity index (χ1v) is 16.7. The van der Waals surface area contributed by atoms with Crippen LogP contribution in [0.1, 0.15) is 66.4 Å². The highest BCUT2D eigenvalue weighted by Crippen LogP contribution is 2.31. The fourth-order valence-corrected chi connectivity index (χ4v) is 7.28. The Balaban J connectivity index is 1.55. The molecule has 0 bridgehead atoms. The van der Waals surface area contributed by atoms with E-state index in [1.165, 1.54) is 32.1 Å². The third kappa shape index (κ3) is 8.44. The lowest BCUT2D eigenvalue weighted by atomic mass is 9.93. The fraction of sp³-hybridized carbons (Fsp3) is 0.548. The van der Waals surface area contributed by atoms with Gasteiger partial charge in [0.2, 0.25) is 0 Å². The van der Waals surface area contributed by atoms with E-state index in [1.54, 1.807) is 11.8 Å². The Labute approximate surface area is 250 Å². The van der Waals surface area contributed by atoms with E-state index in [0.717, 1.165) is 48.4 Å². The number of rotatable bonds is 12. The molecule has 1 aliphatic heterocycles. The van der Waals surface area contributed by atoms with Crippen molar-refractivity contribution in [2.75, 3.05) is 25.2 Å². The van der Waals surface area contributed by atoms with Crippen LogP contribution < -0.4 is 5.32 Å². The summed E-state index contributed by atoms with van der Waals surface area (Å²) >= 11 is 4.13. The standard InChI is InChI=1S/C31H41IN2O4S/c1-21-8-6-7-11-26(21)28-16-22(12-13-27(28)30(35)33-29(31(36)37)14-15-39-2)18-34-19-23(32)17-24(34)20-38-25-9-4-3-5-10-25/h6-8,11-13,16,23-25,29H,3-5,9-10,14-15,17-20H2,1-2H3,(H,33,35)(H,36,37)/t23?,24?,29-/m0/s1. The molecule has 2 aliphatic rings. The van der Waals surface area contributed by atoms with Gasteiger partial charge in [0, 0.05) is 28.6 Å². The van der Waals surface area contributed by atoms with Gasteiger partial charge in [0.25, 0.3) is 5.91 Å². The molecule has 2 fully saturated rings. The third-order valence-electron chi connectivity index (χ3n) is 7.92. The minimum atomic E-state index is -1.00. The summed E-state index contributed by atoms with van der Waals surface area (Å²) < 4.78 is 6.97. The SMILES string of the molecule is CSCC[C@H](NC(=O)c1ccc(CN2CC(I)CC2COC2CCCCC2)cc1-c1ccccc1C)C(=O)O. The number of benzene rings is 2. The van der Waals surface area contributed by atoms with Gasteiger partial charge in [-0.25, -0.2) is 4.79 Å². The molecular formula is C31H41IN2O4S. The van der Waals surface area contributed by atoms with E-state index in [-0.39, 0.29) is 5.91 Å². The summed E-state index contributed by atoms with van der Waals surface area (Å²) in [6.07, 6.45) is 10.1. The van der Waals surface area contributed by atoms with Crippen molar-refractivity contribution in [3.05, 3.63) is 59.2 Å². The number of aliphatic carboxylic acids is 1. The average Bonchev–Trinajstić information content (AvgIpc) is 3.28. The van der Waals surface area contributed by atoms with Crippen LogP contribution in [0.25, 0.3) is 11.1 Å². The number of carboxylic acid groups (broad SMARTS) is 1. The smallest absolute Gasteiger partial charge is 0.326 e. The minimum absolute atomic E-state index is 0.347. The van der Waals surface area contributed by atoms with Gasteiger partial charge in [-0.1, -0.05) is 72.2 Å². The Hall–Kier alpha value is -1.62. The molecule has 1 heterocycles. The number of likely N-dealkylation sites (tertiary alicyclic amines) is 1. The van der Waals surface area contributed by atoms with Crippen molar-refractivity contribution in [1.82, 2.24) is 10.2 Å². The molecule has 39 heavy (non-hydrogen) atoms. The number of carboxylic acids is 1. The molecule has 0 radical (unpaired) electrons. The number of carbonyl (C=O) groups is 2. The Morgan fingerprint density at radius 2 is 1.92 bits per heavy atom. The monoisotopic (exact) mass is 664 g/mol. The van der Waals surface area contributed by atoms with Crippen molar-refractivity contribution in [1.29, 1.82) is 0 Å². The molecule has 212 valence electrons. The Morgan fingerprint density at radius 1 is 1.15 bits per heavy atom. The maximum absolute atomic E-state index is 13.4. The molecule has 2 aromatic rings. The van der Waals surface area contributed by atoms with Crippen LogP contribution in [-0.2, 0) is 16.1 Å². The van der Waals surface area contributed by atoms with Crippen LogP contribution in [-0.4, -0.2) is 69.2 Å². The summed E-state index contributed by atoms with van der Waals surface area (Å²) in [5, 5.41) is 12.4. The van der Waals surface area contributed by atoms with Crippen molar-refractivity contribution in [2.24, 2.45) is 0 Å². The third-order valence-corrected chi connectivity index (χ3v) is 9.46. The maximum atomic E-state index is 13.4. The number of halogens is 1. The summed E-state index contributed by atoms with van der Waals surface area (Å²) in [7, 11) is 0. The molecule has 1 amide bonds. The van der Waals surface area contributed by atoms with Crippen molar-refractivity contribution < 1.29 is 19.4 Å². The molecule has 2 aromatic carbocycles. The maximum Gasteiger partial charge on any atom is 0.326 e. The van der Waals surface area contributed by atoms with Crippen molar-refractivity contribution in [3.8, 4) is 11.1 Å². The second-order valence-electron chi connectivity index (χ2n) is 10.9. The average molecular weight is 665 g/mol. The molecule has 2 unspecified atom stereocenters. The van der Waals surface area contributed by atoms with Gasteiger partial charge in [-0.05, 0) is 79.0 Å². The molecule has 0 spiro atoms. The van der Waals surface area contributed by atoms with Crippen molar-refractivity contribution >= 4 is 46.2 Å². The van der Waals surface area contributed by atoms with Gasteiger partial charge in [0.1, 0.15) is 6.04 Å². The van der Waals surface area contributed by atoms with Gasteiger partial charge in [0.05, 0.1) is 12.7 Å². The zero-order valence-electron chi connectivity index (χ0n) is 23.0. The number of hydrogen-bond acceptors (Lipinski definition) is 5. The molecule has 1 saturated heterocycles. The van der Waals surface area contributed by atoms with Gasteiger partial charge in [-0.3, -0.25) is 9.69 Å². The van der Waals surface area contributed by atoms with Crippen LogP contribution in [0.3, 0.4) is 0 Å². The number of aryl methyl sites for hydroxylation is 1. The predicted octanol–water partition coefficient (Wildman–Crippen LogP) is 6.33. The van der Waals surface area contributed by atoms with E-state index < -0.39 is 12.0 Å². The van der Waals surface area contributed by atoms with E-state index in [2.05, 4.69) is 38.9 Å². The van der Waals surface area contributed by atoms with Gasteiger partial charge in [0.15, 0.2) is 0 Å². The number of amides is 1. The van der Waals surface area contributed by atoms with Gasteiger partial charge in [-0.2, -0.15) is 11.8 Å². The lowest BCUT2D eigenvalue weighted by Crippen LogP contribution is -2.41. The molecule has 8 heteroatoms. The van der Waals surface area contributed by atoms with Crippen LogP contribution in [0.2, 0.25) is 0 Å². The first-order valence-electron chi connectivity index (χ1n) is 14.1. The molecule has 1 aliphatic carbocycles. The van der Waals surface area contributed by atoms with Crippen LogP contribution in [0.5, 0.6) is 0 Å². The van der Waals surface area contributed by atoms with Crippen LogP contribution in [0.4, 0.5) is 0 Å². The number of nitrogens with zero attached hydrogens (tertiary/aromatic N) is 1. The number of carbonyl (C=O) groups excluding carboxylic acids is 1. The minimum Gasteiger partial charge on any atom is -0.480 e. The number of alkyl halides is 1. The highest BCUT2D eigenvalue weighted by molar-refractivity contribution is 14.1. The summed E-state index contributed by atoms with van der Waals surface area (Å²) in [5.74, 6) is -0.684. The van der Waals surface area contributed by atoms with Crippen molar-refractivity contribution in [3.63, 3.8) is 0 Å². The molecular weight excluding hydrogens is 623 g/mol. The fourth-order valence-electron chi connectivity index (χ4n) is 5.72. The normalized spacial score (nSPS) is 21.1. The van der Waals surface area contributed by atoms with Crippen molar-refractivity contribution in [2.45, 2.75) is 80.5 Å². The summed E-state index contributed by atoms with van der Waals surface area (Å²) in [6, 6.07) is 13.5. The Kier molecular flexibility index (Phi) is 11.6. The van der Waals surface area contributed by atoms with Gasteiger partial charge < -0.3 is 15.2 Å². The second kappa shape index (κ2) is 14.8. The van der Waals surface area contributed by atoms with Crippen LogP contribution in [0.15, 0.2) is 42.5 Å². The van der Waals surface area contributed by atoms with Gasteiger partial charge >= 0.3 is 5.97 Å². The Morgan fingerprint density at radius 3 is 2.64 bits per heavy atom. The number of thioether (sulfide) groups is 1. The molecule has 3 atom stereocenters. The van der Waals surface area contributed by atoms with E-state index >= 15 is 0 Å². The predicted molar refractivity (Wildman–Crippen MR) is 168 cm³/mol. The summed E-state index contributed by atoms with van der Waals surface area (Å²) in [4.78, 5) is 27.7. The quantitative estimate of drug-likeness (QED) is 0.204.